The maximum absolute atomic E-state index is 13.9. The molecule has 10 heteroatoms. The van der Waals surface area contributed by atoms with Gasteiger partial charge in [-0.3, -0.25) is 13.9 Å². The Kier molecular flexibility index (Phi) is 10.5. The van der Waals surface area contributed by atoms with E-state index in [-0.39, 0.29) is 18.9 Å². The summed E-state index contributed by atoms with van der Waals surface area (Å²) in [5.74, 6) is -0.194. The van der Waals surface area contributed by atoms with E-state index in [1.54, 1.807) is 43.5 Å². The lowest BCUT2D eigenvalue weighted by molar-refractivity contribution is -0.140. The third-order valence-corrected chi connectivity index (χ3v) is 7.76. The number of sulfonamides is 1. The van der Waals surface area contributed by atoms with Crippen LogP contribution in [0.5, 0.6) is 5.75 Å². The van der Waals surface area contributed by atoms with Crippen molar-refractivity contribution in [3.05, 3.63) is 93.6 Å². The molecule has 0 aromatic heterocycles. The first-order chi connectivity index (χ1) is 18.1. The fraction of sp³-hybridized carbons (Fsp3) is 0.286. The molecule has 1 atom stereocenters. The molecule has 0 aliphatic rings. The predicted molar refractivity (Wildman–Crippen MR) is 158 cm³/mol. The largest absolute Gasteiger partial charge is 0.497 e. The monoisotopic (exact) mass is 649 g/mol. The first kappa shape index (κ1) is 29.4. The number of carbonyl (C=O) groups is 2. The molecule has 0 saturated carbocycles. The van der Waals surface area contributed by atoms with E-state index in [2.05, 4.69) is 27.9 Å². The van der Waals surface area contributed by atoms with Crippen molar-refractivity contribution in [2.45, 2.75) is 25.9 Å². The van der Waals surface area contributed by atoms with Crippen LogP contribution in [0.3, 0.4) is 0 Å². The van der Waals surface area contributed by atoms with Crippen LogP contribution in [-0.2, 0) is 32.6 Å². The summed E-state index contributed by atoms with van der Waals surface area (Å²) in [6, 6.07) is 22.7. The Morgan fingerprint density at radius 1 is 0.974 bits per heavy atom. The Hall–Kier alpha value is -3.12. The molecule has 0 radical (unpaired) electrons. The number of hydrogen-bond acceptors (Lipinski definition) is 5. The topological polar surface area (TPSA) is 96.0 Å². The summed E-state index contributed by atoms with van der Waals surface area (Å²) in [5, 5.41) is 2.84. The zero-order chi connectivity index (χ0) is 27.7. The highest BCUT2D eigenvalue weighted by atomic mass is 127. The summed E-state index contributed by atoms with van der Waals surface area (Å²) >= 11 is 2.13. The van der Waals surface area contributed by atoms with Gasteiger partial charge < -0.3 is 15.0 Å². The van der Waals surface area contributed by atoms with Gasteiger partial charge in [-0.2, -0.15) is 0 Å². The van der Waals surface area contributed by atoms with E-state index in [0.717, 1.165) is 25.3 Å². The molecule has 0 unspecified atom stereocenters. The van der Waals surface area contributed by atoms with Crippen LogP contribution in [0.4, 0.5) is 5.69 Å². The molecule has 202 valence electrons. The van der Waals surface area contributed by atoms with Crippen LogP contribution in [-0.4, -0.2) is 57.6 Å². The summed E-state index contributed by atoms with van der Waals surface area (Å²) in [5.41, 5.74) is 2.00. The van der Waals surface area contributed by atoms with E-state index >= 15 is 0 Å². The third kappa shape index (κ3) is 8.19. The maximum atomic E-state index is 13.9. The van der Waals surface area contributed by atoms with Crippen LogP contribution in [0.1, 0.15) is 18.1 Å². The van der Waals surface area contributed by atoms with Gasteiger partial charge in [0, 0.05) is 23.1 Å². The highest BCUT2D eigenvalue weighted by Crippen LogP contribution is 2.22. The van der Waals surface area contributed by atoms with Crippen LogP contribution >= 0.6 is 22.6 Å². The second kappa shape index (κ2) is 13.6. The molecule has 38 heavy (non-hydrogen) atoms. The van der Waals surface area contributed by atoms with Crippen molar-refractivity contribution in [3.63, 3.8) is 0 Å². The zero-order valence-corrected chi connectivity index (χ0v) is 24.6. The minimum atomic E-state index is -3.80. The minimum Gasteiger partial charge on any atom is -0.497 e. The van der Waals surface area contributed by atoms with Gasteiger partial charge in [-0.15, -0.1) is 0 Å². The van der Waals surface area contributed by atoms with Crippen molar-refractivity contribution < 1.29 is 22.7 Å². The molecule has 0 bridgehead atoms. The molecule has 1 N–H and O–H groups in total. The quantitative estimate of drug-likeness (QED) is 0.301. The number of ether oxygens (including phenoxy) is 1. The minimum absolute atomic E-state index is 0.0922. The molecule has 3 aromatic rings. The molecule has 2 amide bonds. The summed E-state index contributed by atoms with van der Waals surface area (Å²) in [4.78, 5) is 28.7. The lowest BCUT2D eigenvalue weighted by Crippen LogP contribution is -2.53. The van der Waals surface area contributed by atoms with Crippen LogP contribution in [0.2, 0.25) is 0 Å². The highest BCUT2D eigenvalue weighted by molar-refractivity contribution is 14.1. The molecule has 0 fully saturated rings. The molecule has 3 rings (SSSR count). The Bertz CT molecular complexity index is 1330. The Balaban J connectivity index is 2.04. The Labute approximate surface area is 238 Å². The van der Waals surface area contributed by atoms with Gasteiger partial charge in [0.1, 0.15) is 18.3 Å². The van der Waals surface area contributed by atoms with Gasteiger partial charge in [0.25, 0.3) is 0 Å². The SMILES string of the molecule is CCNC(=O)[C@@H](Cc1ccccc1)N(Cc1cccc(OC)c1)C(=O)CN(c1ccc(I)cc1)S(C)(=O)=O. The maximum Gasteiger partial charge on any atom is 0.244 e. The van der Waals surface area contributed by atoms with E-state index in [1.807, 2.05) is 49.4 Å². The van der Waals surface area contributed by atoms with Crippen molar-refractivity contribution in [2.75, 3.05) is 30.8 Å². The molecular weight excluding hydrogens is 617 g/mol. The number of carbonyl (C=O) groups excluding carboxylic acids is 2. The lowest BCUT2D eigenvalue weighted by atomic mass is 10.0. The smallest absolute Gasteiger partial charge is 0.244 e. The van der Waals surface area contributed by atoms with Gasteiger partial charge in [-0.1, -0.05) is 42.5 Å². The Morgan fingerprint density at radius 2 is 1.63 bits per heavy atom. The molecule has 3 aromatic carbocycles. The number of nitrogens with zero attached hydrogens (tertiary/aromatic N) is 2. The summed E-state index contributed by atoms with van der Waals surface area (Å²) in [7, 11) is -2.24. The van der Waals surface area contributed by atoms with Crippen molar-refractivity contribution >= 4 is 50.1 Å². The first-order valence-corrected chi connectivity index (χ1v) is 15.0. The summed E-state index contributed by atoms with van der Waals surface area (Å²) in [6.45, 7) is 1.85. The zero-order valence-electron chi connectivity index (χ0n) is 21.6. The van der Waals surface area contributed by atoms with Gasteiger partial charge in [0.15, 0.2) is 0 Å². The number of hydrogen-bond donors (Lipinski definition) is 1. The van der Waals surface area contributed by atoms with Crippen molar-refractivity contribution in [3.8, 4) is 5.75 Å². The molecule has 0 saturated heterocycles. The average molecular weight is 650 g/mol. The van der Waals surface area contributed by atoms with Crippen molar-refractivity contribution in [1.29, 1.82) is 0 Å². The number of rotatable bonds is 12. The van der Waals surface area contributed by atoms with Gasteiger partial charge in [0.05, 0.1) is 19.1 Å². The van der Waals surface area contributed by atoms with Crippen LogP contribution in [0, 0.1) is 3.57 Å². The van der Waals surface area contributed by atoms with E-state index in [1.165, 1.54) is 4.90 Å². The van der Waals surface area contributed by atoms with E-state index in [0.29, 0.717) is 18.0 Å². The molecule has 0 aliphatic carbocycles. The molecule has 0 spiro atoms. The number of methoxy groups -OCH3 is 1. The molecule has 0 heterocycles. The van der Waals surface area contributed by atoms with E-state index in [9.17, 15) is 18.0 Å². The number of amides is 2. The van der Waals surface area contributed by atoms with Crippen molar-refractivity contribution in [2.24, 2.45) is 0 Å². The average Bonchev–Trinajstić information content (AvgIpc) is 2.90. The van der Waals surface area contributed by atoms with E-state index < -0.39 is 28.5 Å². The highest BCUT2D eigenvalue weighted by Gasteiger charge is 2.32. The number of anilines is 1. The second-order valence-electron chi connectivity index (χ2n) is 8.72. The van der Waals surface area contributed by atoms with Crippen LogP contribution < -0.4 is 14.4 Å². The van der Waals surface area contributed by atoms with Gasteiger partial charge in [-0.25, -0.2) is 8.42 Å². The first-order valence-electron chi connectivity index (χ1n) is 12.1. The number of nitrogens with one attached hydrogen (secondary N) is 1. The standard InChI is InChI=1S/C28H32IN3O5S/c1-4-30-28(34)26(18-21-9-6-5-7-10-21)31(19-22-11-8-12-25(17-22)37-2)27(33)20-32(38(3,35)36)24-15-13-23(29)14-16-24/h5-17,26H,4,18-20H2,1-3H3,(H,30,34)/t26-/m1/s1. The predicted octanol–water partition coefficient (Wildman–Crippen LogP) is 3.84. The normalized spacial score (nSPS) is 11.9. The molecule has 0 aliphatic heterocycles. The van der Waals surface area contributed by atoms with E-state index in [4.69, 9.17) is 4.74 Å². The lowest BCUT2D eigenvalue weighted by Gasteiger charge is -2.33. The van der Waals surface area contributed by atoms with Crippen molar-refractivity contribution in [1.82, 2.24) is 10.2 Å². The fourth-order valence-corrected chi connectivity index (χ4v) is 5.24. The second-order valence-corrected chi connectivity index (χ2v) is 11.9. The number of likely N-dealkylation sites (N-methyl/N-ethyl adjacent to an activating group) is 1. The number of halogens is 1. The fourth-order valence-electron chi connectivity index (χ4n) is 4.03. The van der Waals surface area contributed by atoms with Gasteiger partial charge in [0.2, 0.25) is 21.8 Å². The molecule has 8 nitrogen and oxygen atoms in total. The molecular formula is C28H32IN3O5S. The third-order valence-electron chi connectivity index (χ3n) is 5.90. The summed E-state index contributed by atoms with van der Waals surface area (Å²) < 4.78 is 32.9. The van der Waals surface area contributed by atoms with Gasteiger partial charge in [-0.05, 0) is 77.0 Å². The van der Waals surface area contributed by atoms with Crippen LogP contribution in [0.25, 0.3) is 0 Å². The Morgan fingerprint density at radius 3 is 2.24 bits per heavy atom. The number of benzene rings is 3. The summed E-state index contributed by atoms with van der Waals surface area (Å²) in [6.07, 6.45) is 1.33. The van der Waals surface area contributed by atoms with Crippen LogP contribution in [0.15, 0.2) is 78.9 Å². The van der Waals surface area contributed by atoms with Gasteiger partial charge >= 0.3 is 0 Å².